The summed E-state index contributed by atoms with van der Waals surface area (Å²) in [6.45, 7) is 0.429. The molecule has 104 valence electrons. The van der Waals surface area contributed by atoms with Crippen molar-refractivity contribution in [1.29, 1.82) is 0 Å². The first-order valence-electron chi connectivity index (χ1n) is 5.82. The summed E-state index contributed by atoms with van der Waals surface area (Å²) in [6.07, 6.45) is 0.693. The van der Waals surface area contributed by atoms with Crippen LogP contribution in [0.2, 0.25) is 0 Å². The minimum Gasteiger partial charge on any atom is -0.352 e. The van der Waals surface area contributed by atoms with E-state index in [0.29, 0.717) is 13.0 Å². The molecule has 0 aliphatic carbocycles. The molecule has 0 atom stereocenters. The van der Waals surface area contributed by atoms with E-state index in [2.05, 4.69) is 5.32 Å². The van der Waals surface area contributed by atoms with E-state index in [1.54, 1.807) is 11.3 Å². The summed E-state index contributed by atoms with van der Waals surface area (Å²) >= 11 is 1.59. The number of nitrogens with zero attached hydrogens (tertiary/aromatic N) is 1. The number of thiophene rings is 1. The lowest BCUT2D eigenvalue weighted by molar-refractivity contribution is -0.387. The minimum absolute atomic E-state index is 0.0688. The Labute approximate surface area is 118 Å². The third-order valence-electron chi connectivity index (χ3n) is 2.64. The van der Waals surface area contributed by atoms with Crippen LogP contribution in [0.3, 0.4) is 0 Å². The standard InChI is InChI=1S/C13H11FN2O3S/c14-11-8-9(3-4-12(11)16(18)19)13(17)15-6-5-10-2-1-7-20-10/h1-4,7-8H,5-6H2,(H,15,17). The van der Waals surface area contributed by atoms with Crippen molar-refractivity contribution in [3.05, 3.63) is 62.1 Å². The van der Waals surface area contributed by atoms with Gasteiger partial charge in [-0.15, -0.1) is 11.3 Å². The van der Waals surface area contributed by atoms with Crippen molar-refractivity contribution in [1.82, 2.24) is 5.32 Å². The molecule has 1 N–H and O–H groups in total. The van der Waals surface area contributed by atoms with Crippen molar-refractivity contribution >= 4 is 22.9 Å². The molecule has 1 aromatic heterocycles. The predicted molar refractivity (Wildman–Crippen MR) is 73.4 cm³/mol. The molecule has 1 heterocycles. The molecule has 0 aliphatic rings. The van der Waals surface area contributed by atoms with Gasteiger partial charge in [-0.25, -0.2) is 0 Å². The second-order valence-electron chi connectivity index (χ2n) is 4.01. The molecule has 5 nitrogen and oxygen atoms in total. The van der Waals surface area contributed by atoms with Crippen molar-refractivity contribution in [3.8, 4) is 0 Å². The van der Waals surface area contributed by atoms with E-state index in [-0.39, 0.29) is 5.56 Å². The third-order valence-corrected chi connectivity index (χ3v) is 3.58. The highest BCUT2D eigenvalue weighted by atomic mass is 32.1. The van der Waals surface area contributed by atoms with E-state index in [1.807, 2.05) is 17.5 Å². The number of benzene rings is 1. The predicted octanol–water partition coefficient (Wildman–Crippen LogP) is 2.77. The van der Waals surface area contributed by atoms with Gasteiger partial charge >= 0.3 is 5.69 Å². The first kappa shape index (κ1) is 14.1. The lowest BCUT2D eigenvalue weighted by Crippen LogP contribution is -2.25. The van der Waals surface area contributed by atoms with E-state index in [0.717, 1.165) is 17.0 Å². The Morgan fingerprint density at radius 1 is 1.40 bits per heavy atom. The highest BCUT2D eigenvalue weighted by Gasteiger charge is 2.16. The highest BCUT2D eigenvalue weighted by molar-refractivity contribution is 7.09. The van der Waals surface area contributed by atoms with Crippen LogP contribution in [0.25, 0.3) is 0 Å². The Bertz CT molecular complexity index is 629. The van der Waals surface area contributed by atoms with Crippen molar-refractivity contribution in [2.45, 2.75) is 6.42 Å². The monoisotopic (exact) mass is 294 g/mol. The number of nitro groups is 1. The molecular formula is C13H11FN2O3S. The molecule has 0 fully saturated rings. The summed E-state index contributed by atoms with van der Waals surface area (Å²) < 4.78 is 13.4. The number of carbonyl (C=O) groups is 1. The first-order valence-corrected chi connectivity index (χ1v) is 6.70. The molecule has 2 rings (SSSR count). The van der Waals surface area contributed by atoms with Gasteiger partial charge in [-0.3, -0.25) is 14.9 Å². The lowest BCUT2D eigenvalue weighted by Gasteiger charge is -2.04. The number of carbonyl (C=O) groups excluding carboxylic acids is 1. The van der Waals surface area contributed by atoms with Gasteiger partial charge in [0, 0.05) is 23.1 Å². The van der Waals surface area contributed by atoms with E-state index in [4.69, 9.17) is 0 Å². The van der Waals surface area contributed by atoms with Gasteiger partial charge in [0.05, 0.1) is 4.92 Å². The van der Waals surface area contributed by atoms with Gasteiger partial charge in [0.25, 0.3) is 5.91 Å². The summed E-state index contributed by atoms with van der Waals surface area (Å²) in [7, 11) is 0. The quantitative estimate of drug-likeness (QED) is 0.680. The molecule has 0 saturated heterocycles. The highest BCUT2D eigenvalue weighted by Crippen LogP contribution is 2.17. The normalized spacial score (nSPS) is 10.2. The molecule has 0 unspecified atom stereocenters. The Hall–Kier alpha value is -2.28. The zero-order chi connectivity index (χ0) is 14.5. The second-order valence-corrected chi connectivity index (χ2v) is 5.04. The number of nitrogens with one attached hydrogen (secondary N) is 1. The van der Waals surface area contributed by atoms with Crippen LogP contribution in [0.1, 0.15) is 15.2 Å². The summed E-state index contributed by atoms with van der Waals surface area (Å²) in [5, 5.41) is 15.1. The van der Waals surface area contributed by atoms with Gasteiger partial charge in [-0.1, -0.05) is 6.07 Å². The van der Waals surface area contributed by atoms with Crippen molar-refractivity contribution in [3.63, 3.8) is 0 Å². The van der Waals surface area contributed by atoms with E-state index < -0.39 is 22.3 Å². The number of hydrogen-bond donors (Lipinski definition) is 1. The van der Waals surface area contributed by atoms with Crippen molar-refractivity contribution < 1.29 is 14.1 Å². The van der Waals surface area contributed by atoms with Crippen LogP contribution in [0.15, 0.2) is 35.7 Å². The fourth-order valence-corrected chi connectivity index (χ4v) is 2.36. The number of hydrogen-bond acceptors (Lipinski definition) is 4. The Balaban J connectivity index is 1.95. The number of halogens is 1. The zero-order valence-electron chi connectivity index (χ0n) is 10.3. The van der Waals surface area contributed by atoms with Crippen LogP contribution in [0.5, 0.6) is 0 Å². The average molecular weight is 294 g/mol. The maximum absolute atomic E-state index is 13.4. The summed E-state index contributed by atoms with van der Waals surface area (Å²) in [5.41, 5.74) is -0.570. The van der Waals surface area contributed by atoms with Crippen LogP contribution in [0.4, 0.5) is 10.1 Å². The van der Waals surface area contributed by atoms with Crippen LogP contribution < -0.4 is 5.32 Å². The van der Waals surface area contributed by atoms with Gasteiger partial charge in [0.15, 0.2) is 0 Å². The van der Waals surface area contributed by atoms with Crippen LogP contribution in [-0.4, -0.2) is 17.4 Å². The molecular weight excluding hydrogens is 283 g/mol. The lowest BCUT2D eigenvalue weighted by atomic mass is 10.2. The molecule has 1 amide bonds. The van der Waals surface area contributed by atoms with Gasteiger partial charge in [-0.2, -0.15) is 4.39 Å². The molecule has 0 bridgehead atoms. The van der Waals surface area contributed by atoms with Gasteiger partial charge in [-0.05, 0) is 30.0 Å². The summed E-state index contributed by atoms with van der Waals surface area (Å²) in [4.78, 5) is 22.5. The first-order chi connectivity index (χ1) is 9.58. The fraction of sp³-hybridized carbons (Fsp3) is 0.154. The maximum atomic E-state index is 13.4. The van der Waals surface area contributed by atoms with Crippen LogP contribution in [-0.2, 0) is 6.42 Å². The zero-order valence-corrected chi connectivity index (χ0v) is 11.2. The Morgan fingerprint density at radius 2 is 2.20 bits per heavy atom. The van der Waals surface area contributed by atoms with E-state index in [9.17, 15) is 19.3 Å². The Morgan fingerprint density at radius 3 is 2.80 bits per heavy atom. The Kier molecular flexibility index (Phi) is 4.41. The molecule has 2 aromatic rings. The third kappa shape index (κ3) is 3.39. The van der Waals surface area contributed by atoms with Crippen molar-refractivity contribution in [2.24, 2.45) is 0 Å². The van der Waals surface area contributed by atoms with Gasteiger partial charge < -0.3 is 5.32 Å². The molecule has 20 heavy (non-hydrogen) atoms. The maximum Gasteiger partial charge on any atom is 0.304 e. The molecule has 1 aromatic carbocycles. The average Bonchev–Trinajstić information content (AvgIpc) is 2.91. The molecule has 7 heteroatoms. The second kappa shape index (κ2) is 6.25. The fourth-order valence-electron chi connectivity index (χ4n) is 1.65. The molecule has 0 aliphatic heterocycles. The minimum atomic E-state index is -1.01. The van der Waals surface area contributed by atoms with E-state index in [1.165, 1.54) is 6.07 Å². The summed E-state index contributed by atoms with van der Waals surface area (Å²) in [6, 6.07) is 6.99. The molecule has 0 saturated carbocycles. The van der Waals surface area contributed by atoms with Gasteiger partial charge in [0.2, 0.25) is 5.82 Å². The largest absolute Gasteiger partial charge is 0.352 e. The summed E-state index contributed by atoms with van der Waals surface area (Å²) in [5.74, 6) is -1.46. The smallest absolute Gasteiger partial charge is 0.304 e. The number of nitro benzene ring substituents is 1. The number of amides is 1. The number of rotatable bonds is 5. The van der Waals surface area contributed by atoms with Gasteiger partial charge in [0.1, 0.15) is 0 Å². The molecule has 0 radical (unpaired) electrons. The molecule has 0 spiro atoms. The van der Waals surface area contributed by atoms with Crippen LogP contribution in [0, 0.1) is 15.9 Å². The van der Waals surface area contributed by atoms with Crippen LogP contribution >= 0.6 is 11.3 Å². The van der Waals surface area contributed by atoms with E-state index >= 15 is 0 Å². The van der Waals surface area contributed by atoms with Crippen molar-refractivity contribution in [2.75, 3.05) is 6.54 Å². The topological polar surface area (TPSA) is 72.2 Å². The SMILES string of the molecule is O=C(NCCc1cccs1)c1ccc([N+](=O)[O-])c(F)c1.